The highest BCUT2D eigenvalue weighted by molar-refractivity contribution is 5.88. The first-order valence-electron chi connectivity index (χ1n) is 13.0. The highest BCUT2D eigenvalue weighted by Crippen LogP contribution is 2.44. The Bertz CT molecular complexity index is 1590. The normalized spacial score (nSPS) is 16.2. The maximum absolute atomic E-state index is 13.3. The van der Waals surface area contributed by atoms with Gasteiger partial charge in [-0.2, -0.15) is 0 Å². The molecule has 4 N–H and O–H groups in total. The van der Waals surface area contributed by atoms with Crippen LogP contribution in [0, 0.1) is 0 Å². The second kappa shape index (κ2) is 11.3. The third-order valence-electron chi connectivity index (χ3n) is 6.71. The van der Waals surface area contributed by atoms with Gasteiger partial charge in [0.25, 0.3) is 0 Å². The predicted molar refractivity (Wildman–Crippen MR) is 146 cm³/mol. The molecule has 10 heteroatoms. The molecule has 1 aliphatic heterocycles. The first-order chi connectivity index (χ1) is 19.3. The van der Waals surface area contributed by atoms with Crippen molar-refractivity contribution in [1.82, 2.24) is 0 Å². The van der Waals surface area contributed by atoms with Gasteiger partial charge in [0.1, 0.15) is 22.5 Å². The number of phenols is 2. The Kier molecular flexibility index (Phi) is 7.61. The van der Waals surface area contributed by atoms with Crippen molar-refractivity contribution in [2.75, 3.05) is 20.3 Å². The van der Waals surface area contributed by atoms with Crippen LogP contribution in [0.25, 0.3) is 22.3 Å². The fourth-order valence-corrected chi connectivity index (χ4v) is 4.67. The van der Waals surface area contributed by atoms with E-state index in [0.717, 1.165) is 19.3 Å². The predicted octanol–water partition coefficient (Wildman–Crippen LogP) is 5.03. The minimum atomic E-state index is -0.760. The third kappa shape index (κ3) is 5.05. The molecule has 10 nitrogen and oxygen atoms in total. The third-order valence-corrected chi connectivity index (χ3v) is 6.71. The van der Waals surface area contributed by atoms with Crippen LogP contribution in [-0.4, -0.2) is 46.9 Å². The molecule has 1 aromatic heterocycles. The first kappa shape index (κ1) is 27.0. The Morgan fingerprint density at radius 2 is 1.75 bits per heavy atom. The lowest BCUT2D eigenvalue weighted by Gasteiger charge is -2.33. The Labute approximate surface area is 229 Å². The summed E-state index contributed by atoms with van der Waals surface area (Å²) < 4.78 is 29.0. The molecule has 0 saturated carbocycles. The molecule has 0 radical (unpaired) electrons. The lowest BCUT2D eigenvalue weighted by molar-refractivity contribution is -0.0123. The number of rotatable bonds is 9. The summed E-state index contributed by atoms with van der Waals surface area (Å²) in [5.41, 5.74) is 0.252. The van der Waals surface area contributed by atoms with Crippen LogP contribution in [0.15, 0.2) is 57.7 Å². The van der Waals surface area contributed by atoms with Crippen LogP contribution < -0.4 is 24.4 Å². The van der Waals surface area contributed by atoms with Crippen molar-refractivity contribution >= 4 is 11.0 Å². The Hall–Kier alpha value is -4.57. The molecule has 0 fully saturated rings. The fourth-order valence-electron chi connectivity index (χ4n) is 4.67. The van der Waals surface area contributed by atoms with Crippen molar-refractivity contribution < 1.29 is 43.8 Å². The summed E-state index contributed by atoms with van der Waals surface area (Å²) in [6.07, 6.45) is 1.21. The molecule has 0 bridgehead atoms. The molecule has 1 aliphatic rings. The van der Waals surface area contributed by atoms with Crippen LogP contribution in [0.5, 0.6) is 40.2 Å². The van der Waals surface area contributed by atoms with E-state index in [1.165, 1.54) is 25.3 Å². The number of hydrogen-bond donors (Lipinski definition) is 4. The highest BCUT2D eigenvalue weighted by atomic mass is 16.6. The first-order valence-corrected chi connectivity index (χ1v) is 13.0. The van der Waals surface area contributed by atoms with Crippen LogP contribution >= 0.6 is 0 Å². The number of ether oxygens (including phenoxy) is 4. The number of aromatic hydroxyl groups is 3. The number of fused-ring (bicyclic) bond motifs is 2. The molecule has 5 rings (SSSR count). The number of methoxy groups -OCH3 is 1. The van der Waals surface area contributed by atoms with Gasteiger partial charge in [0, 0.05) is 23.3 Å². The largest absolute Gasteiger partial charge is 0.508 e. The van der Waals surface area contributed by atoms with E-state index in [9.17, 15) is 25.2 Å². The average molecular weight is 551 g/mol. The number of aliphatic hydroxyl groups excluding tert-OH is 1. The van der Waals surface area contributed by atoms with E-state index in [0.29, 0.717) is 23.5 Å². The highest BCUT2D eigenvalue weighted by Gasteiger charge is 2.34. The van der Waals surface area contributed by atoms with Crippen molar-refractivity contribution in [3.8, 4) is 51.6 Å². The van der Waals surface area contributed by atoms with Gasteiger partial charge >= 0.3 is 0 Å². The monoisotopic (exact) mass is 550 g/mol. The van der Waals surface area contributed by atoms with Crippen molar-refractivity contribution in [2.45, 2.75) is 38.4 Å². The SMILES string of the molecule is CCCCCOc1cc(O)cc2oc(-c3ccc4c(c3)OC(c3ccc(O)c(OC)c3)C(CO)O4)c(O)c(=O)c12. The van der Waals surface area contributed by atoms with E-state index in [2.05, 4.69) is 6.92 Å². The molecule has 2 heterocycles. The summed E-state index contributed by atoms with van der Waals surface area (Å²) >= 11 is 0. The molecule has 40 heavy (non-hydrogen) atoms. The van der Waals surface area contributed by atoms with Gasteiger partial charge in [0.15, 0.2) is 41.0 Å². The molecule has 0 aliphatic carbocycles. The quantitative estimate of drug-likeness (QED) is 0.209. The van der Waals surface area contributed by atoms with Crippen LogP contribution in [-0.2, 0) is 0 Å². The van der Waals surface area contributed by atoms with Crippen LogP contribution in [0.3, 0.4) is 0 Å². The van der Waals surface area contributed by atoms with Crippen LogP contribution in [0.1, 0.15) is 37.9 Å². The summed E-state index contributed by atoms with van der Waals surface area (Å²) in [5, 5.41) is 41.1. The van der Waals surface area contributed by atoms with E-state index in [-0.39, 0.29) is 52.1 Å². The molecule has 2 atom stereocenters. The molecule has 2 unspecified atom stereocenters. The number of aliphatic hydroxyl groups is 1. The summed E-state index contributed by atoms with van der Waals surface area (Å²) in [6, 6.07) is 12.0. The molecular formula is C30H30O10. The van der Waals surface area contributed by atoms with Crippen molar-refractivity contribution in [1.29, 1.82) is 0 Å². The van der Waals surface area contributed by atoms with Gasteiger partial charge in [-0.05, 0) is 36.8 Å². The summed E-state index contributed by atoms with van der Waals surface area (Å²) in [4.78, 5) is 13.3. The zero-order chi connectivity index (χ0) is 28.4. The maximum Gasteiger partial charge on any atom is 0.238 e. The smallest absolute Gasteiger partial charge is 0.238 e. The van der Waals surface area contributed by atoms with Crippen molar-refractivity contribution in [3.63, 3.8) is 0 Å². The maximum atomic E-state index is 13.3. The Morgan fingerprint density at radius 1 is 0.925 bits per heavy atom. The second-order valence-corrected chi connectivity index (χ2v) is 9.45. The number of phenolic OH excluding ortho intramolecular Hbond substituents is 2. The molecule has 0 amide bonds. The Morgan fingerprint density at radius 3 is 2.50 bits per heavy atom. The van der Waals surface area contributed by atoms with Gasteiger partial charge in [-0.3, -0.25) is 4.79 Å². The van der Waals surface area contributed by atoms with E-state index in [1.54, 1.807) is 30.3 Å². The van der Waals surface area contributed by atoms with E-state index < -0.39 is 23.4 Å². The lowest BCUT2D eigenvalue weighted by atomic mass is 10.0. The van der Waals surface area contributed by atoms with Gasteiger partial charge in [-0.15, -0.1) is 0 Å². The molecule has 3 aromatic carbocycles. The zero-order valence-corrected chi connectivity index (χ0v) is 22.0. The number of hydrogen-bond acceptors (Lipinski definition) is 10. The zero-order valence-electron chi connectivity index (χ0n) is 22.0. The summed E-state index contributed by atoms with van der Waals surface area (Å²) in [7, 11) is 1.42. The van der Waals surface area contributed by atoms with Crippen LogP contribution in [0.4, 0.5) is 0 Å². The molecule has 0 spiro atoms. The molecular weight excluding hydrogens is 520 g/mol. The van der Waals surface area contributed by atoms with Gasteiger partial charge in [-0.1, -0.05) is 25.8 Å². The molecule has 4 aromatic rings. The summed E-state index contributed by atoms with van der Waals surface area (Å²) in [5.74, 6) is 0.0315. The fraction of sp³-hybridized carbons (Fsp3) is 0.300. The molecule has 0 saturated heterocycles. The topological polar surface area (TPSA) is 148 Å². The Balaban J connectivity index is 1.53. The van der Waals surface area contributed by atoms with Gasteiger partial charge in [-0.25, -0.2) is 0 Å². The number of benzene rings is 3. The van der Waals surface area contributed by atoms with E-state index in [1.807, 2.05) is 0 Å². The average Bonchev–Trinajstić information content (AvgIpc) is 2.96. The molecule has 210 valence electrons. The standard InChI is InChI=1S/C30H30O10/c1-3-4-5-10-37-23-13-18(32)14-24-26(23)27(34)28(35)30(40-24)17-7-9-20-22(12-17)39-29(25(15-31)38-20)16-6-8-19(33)21(11-16)36-2/h6-9,11-14,25,29,31-33,35H,3-5,10,15H2,1-2H3. The van der Waals surface area contributed by atoms with Gasteiger partial charge < -0.3 is 43.8 Å². The van der Waals surface area contributed by atoms with E-state index in [4.69, 9.17) is 23.4 Å². The van der Waals surface area contributed by atoms with Gasteiger partial charge in [0.05, 0.1) is 20.3 Å². The van der Waals surface area contributed by atoms with Crippen molar-refractivity contribution in [3.05, 3.63) is 64.3 Å². The lowest BCUT2D eigenvalue weighted by Crippen LogP contribution is -2.36. The van der Waals surface area contributed by atoms with Gasteiger partial charge in [0.2, 0.25) is 11.2 Å². The number of unbranched alkanes of at least 4 members (excludes halogenated alkanes) is 2. The minimum Gasteiger partial charge on any atom is -0.508 e. The van der Waals surface area contributed by atoms with E-state index >= 15 is 0 Å². The second-order valence-electron chi connectivity index (χ2n) is 9.45. The van der Waals surface area contributed by atoms with Crippen LogP contribution in [0.2, 0.25) is 0 Å². The summed E-state index contributed by atoms with van der Waals surface area (Å²) in [6.45, 7) is 2.06. The minimum absolute atomic E-state index is 0.0280. The van der Waals surface area contributed by atoms with Crippen molar-refractivity contribution in [2.24, 2.45) is 0 Å².